The molecule has 0 aromatic rings. The van der Waals surface area contributed by atoms with E-state index in [1.54, 1.807) is 13.0 Å². The maximum Gasteiger partial charge on any atom is 0.177 e. The lowest BCUT2D eigenvalue weighted by Gasteiger charge is -2.06. The number of Topliss-reactive ketones (excluding diaryl/α,β-unsaturated/α-hetero) is 1. The maximum absolute atomic E-state index is 10.9. The second kappa shape index (κ2) is 2.78. The van der Waals surface area contributed by atoms with E-state index >= 15 is 0 Å². The zero-order valence-electron chi connectivity index (χ0n) is 6.77. The molecule has 0 fully saturated rings. The van der Waals surface area contributed by atoms with Gasteiger partial charge in [0.05, 0.1) is 5.70 Å². The van der Waals surface area contributed by atoms with Gasteiger partial charge in [-0.2, -0.15) is 0 Å². The molecule has 1 unspecified atom stereocenters. The van der Waals surface area contributed by atoms with Crippen molar-refractivity contribution in [2.24, 2.45) is 0 Å². The van der Waals surface area contributed by atoms with Gasteiger partial charge in [-0.15, -0.1) is 0 Å². The molecule has 2 N–H and O–H groups in total. The van der Waals surface area contributed by atoms with Gasteiger partial charge in [0.1, 0.15) is 6.17 Å². The third-order valence-electron chi connectivity index (χ3n) is 1.63. The van der Waals surface area contributed by atoms with Gasteiger partial charge >= 0.3 is 0 Å². The number of allylic oxidation sites excluding steroid dienone is 2. The number of carbonyl (C=O) groups is 1. The predicted molar refractivity (Wildman–Crippen MR) is 43.6 cm³/mol. The first kappa shape index (κ1) is 7.85. The van der Waals surface area contributed by atoms with E-state index in [2.05, 4.69) is 17.2 Å². The van der Waals surface area contributed by atoms with Crippen LogP contribution in [0.4, 0.5) is 0 Å². The van der Waals surface area contributed by atoms with Gasteiger partial charge < -0.3 is 10.6 Å². The molecule has 1 heterocycles. The molecule has 0 amide bonds. The molecule has 3 nitrogen and oxygen atoms in total. The van der Waals surface area contributed by atoms with E-state index in [4.69, 9.17) is 0 Å². The highest BCUT2D eigenvalue weighted by Gasteiger charge is 2.19. The normalized spacial score (nSPS) is 22.5. The number of rotatable bonds is 2. The summed E-state index contributed by atoms with van der Waals surface area (Å²) in [6.07, 6.45) is 1.73. The Kier molecular flexibility index (Phi) is 1.98. The van der Waals surface area contributed by atoms with Crippen molar-refractivity contribution >= 4 is 5.78 Å². The number of ketones is 1. The smallest absolute Gasteiger partial charge is 0.177 e. The van der Waals surface area contributed by atoms with Crippen LogP contribution in [-0.2, 0) is 4.79 Å². The Morgan fingerprint density at radius 2 is 2.27 bits per heavy atom. The fourth-order valence-electron chi connectivity index (χ4n) is 1.09. The molecule has 0 bridgehead atoms. The van der Waals surface area contributed by atoms with E-state index in [-0.39, 0.29) is 11.9 Å². The Labute approximate surface area is 66.2 Å². The fourth-order valence-corrected chi connectivity index (χ4v) is 1.09. The highest BCUT2D eigenvalue weighted by molar-refractivity contribution is 5.93. The van der Waals surface area contributed by atoms with Crippen molar-refractivity contribution in [2.75, 3.05) is 0 Å². The Bertz CT molecular complexity index is 230. The van der Waals surface area contributed by atoms with Crippen LogP contribution in [0.3, 0.4) is 0 Å². The van der Waals surface area contributed by atoms with Crippen molar-refractivity contribution in [2.45, 2.75) is 20.0 Å². The average Bonchev–Trinajstić information content (AvgIpc) is 2.30. The SMILES string of the molecule is C=CC1NC(C)=C(C(C)=O)N1. The molecule has 1 aliphatic rings. The molecule has 60 valence electrons. The lowest BCUT2D eigenvalue weighted by molar-refractivity contribution is -0.113. The van der Waals surface area contributed by atoms with Crippen LogP contribution in [0.25, 0.3) is 0 Å². The summed E-state index contributed by atoms with van der Waals surface area (Å²) in [7, 11) is 0. The minimum Gasteiger partial charge on any atom is -0.364 e. The lowest BCUT2D eigenvalue weighted by atomic mass is 10.3. The topological polar surface area (TPSA) is 41.1 Å². The molecule has 0 aromatic carbocycles. The number of carbonyl (C=O) groups excluding carboxylic acids is 1. The van der Waals surface area contributed by atoms with Crippen LogP contribution in [0.15, 0.2) is 24.0 Å². The van der Waals surface area contributed by atoms with E-state index in [1.807, 2.05) is 6.92 Å². The zero-order valence-corrected chi connectivity index (χ0v) is 6.77. The van der Waals surface area contributed by atoms with Crippen molar-refractivity contribution in [3.05, 3.63) is 24.0 Å². The van der Waals surface area contributed by atoms with Crippen LogP contribution >= 0.6 is 0 Å². The molecule has 1 atom stereocenters. The Morgan fingerprint density at radius 1 is 1.64 bits per heavy atom. The summed E-state index contributed by atoms with van der Waals surface area (Å²) in [5, 5.41) is 6.06. The minimum atomic E-state index is 0.00824. The van der Waals surface area contributed by atoms with Gasteiger partial charge in [0, 0.05) is 12.6 Å². The minimum absolute atomic E-state index is 0.00824. The molecular weight excluding hydrogens is 140 g/mol. The number of nitrogens with one attached hydrogen (secondary N) is 2. The number of hydrogen-bond donors (Lipinski definition) is 2. The van der Waals surface area contributed by atoms with Crippen molar-refractivity contribution in [1.82, 2.24) is 10.6 Å². The van der Waals surface area contributed by atoms with Crippen LogP contribution in [0.1, 0.15) is 13.8 Å². The van der Waals surface area contributed by atoms with Gasteiger partial charge in [-0.05, 0) is 13.0 Å². The quantitative estimate of drug-likeness (QED) is 0.566. The molecule has 0 spiro atoms. The van der Waals surface area contributed by atoms with Crippen LogP contribution in [0.2, 0.25) is 0 Å². The molecule has 0 aromatic heterocycles. The highest BCUT2D eigenvalue weighted by atomic mass is 16.1. The van der Waals surface area contributed by atoms with E-state index in [0.29, 0.717) is 5.70 Å². The lowest BCUT2D eigenvalue weighted by Crippen LogP contribution is -2.31. The van der Waals surface area contributed by atoms with Crippen LogP contribution in [-0.4, -0.2) is 11.9 Å². The molecule has 11 heavy (non-hydrogen) atoms. The predicted octanol–water partition coefficient (Wildman–Crippen LogP) is 0.512. The van der Waals surface area contributed by atoms with Crippen LogP contribution < -0.4 is 10.6 Å². The standard InChI is InChI=1S/C8H12N2O/c1-4-7-9-5(2)8(10-7)6(3)11/h4,7,9-10H,1H2,2-3H3. The molecule has 1 aliphatic heterocycles. The van der Waals surface area contributed by atoms with E-state index in [0.717, 1.165) is 5.70 Å². The molecule has 0 saturated carbocycles. The summed E-state index contributed by atoms with van der Waals surface area (Å²) in [6.45, 7) is 7.02. The first-order valence-electron chi connectivity index (χ1n) is 3.52. The second-order valence-corrected chi connectivity index (χ2v) is 2.56. The molecule has 1 rings (SSSR count). The first-order chi connectivity index (χ1) is 5.15. The average molecular weight is 152 g/mol. The van der Waals surface area contributed by atoms with Crippen molar-refractivity contribution in [3.8, 4) is 0 Å². The van der Waals surface area contributed by atoms with Crippen molar-refractivity contribution in [1.29, 1.82) is 0 Å². The summed E-state index contributed by atoms with van der Waals surface area (Å²) in [4.78, 5) is 10.9. The summed E-state index contributed by atoms with van der Waals surface area (Å²) in [6, 6.07) is 0. The molecular formula is C8H12N2O. The number of hydrogen-bond acceptors (Lipinski definition) is 3. The van der Waals surface area contributed by atoms with Gasteiger partial charge in [-0.3, -0.25) is 4.79 Å². The summed E-state index contributed by atoms with van der Waals surface area (Å²) in [5.41, 5.74) is 1.55. The van der Waals surface area contributed by atoms with Crippen LogP contribution in [0.5, 0.6) is 0 Å². The summed E-state index contributed by atoms with van der Waals surface area (Å²) < 4.78 is 0. The van der Waals surface area contributed by atoms with Gasteiger partial charge in [0.25, 0.3) is 0 Å². The zero-order chi connectivity index (χ0) is 8.43. The largest absolute Gasteiger partial charge is 0.364 e. The summed E-state index contributed by atoms with van der Waals surface area (Å²) >= 11 is 0. The van der Waals surface area contributed by atoms with E-state index in [9.17, 15) is 4.79 Å². The first-order valence-corrected chi connectivity index (χ1v) is 3.52. The molecule has 0 saturated heterocycles. The second-order valence-electron chi connectivity index (χ2n) is 2.56. The Balaban J connectivity index is 2.74. The molecule has 0 radical (unpaired) electrons. The summed E-state index contributed by atoms with van der Waals surface area (Å²) in [5.74, 6) is 0.0550. The fraction of sp³-hybridized carbons (Fsp3) is 0.375. The molecule has 3 heteroatoms. The van der Waals surface area contributed by atoms with Gasteiger partial charge in [-0.1, -0.05) is 6.58 Å². The van der Waals surface area contributed by atoms with Crippen molar-refractivity contribution in [3.63, 3.8) is 0 Å². The van der Waals surface area contributed by atoms with Gasteiger partial charge in [0.15, 0.2) is 5.78 Å². The van der Waals surface area contributed by atoms with Crippen LogP contribution in [0, 0.1) is 0 Å². The third-order valence-corrected chi connectivity index (χ3v) is 1.63. The monoisotopic (exact) mass is 152 g/mol. The highest BCUT2D eigenvalue weighted by Crippen LogP contribution is 2.07. The Hall–Kier alpha value is -1.25. The maximum atomic E-state index is 10.9. The third kappa shape index (κ3) is 1.42. The van der Waals surface area contributed by atoms with E-state index < -0.39 is 0 Å². The van der Waals surface area contributed by atoms with Gasteiger partial charge in [-0.25, -0.2) is 0 Å². The van der Waals surface area contributed by atoms with Gasteiger partial charge in [0.2, 0.25) is 0 Å². The Morgan fingerprint density at radius 3 is 2.55 bits per heavy atom. The molecule has 0 aliphatic carbocycles. The van der Waals surface area contributed by atoms with E-state index in [1.165, 1.54) is 0 Å². The van der Waals surface area contributed by atoms with Crippen molar-refractivity contribution < 1.29 is 4.79 Å².